The summed E-state index contributed by atoms with van der Waals surface area (Å²) in [5.74, 6) is -0.830. The lowest BCUT2D eigenvalue weighted by atomic mass is 10.0. The highest BCUT2D eigenvalue weighted by Gasteiger charge is 2.19. The predicted molar refractivity (Wildman–Crippen MR) is 326 cm³/mol. The van der Waals surface area contributed by atoms with Crippen LogP contribution in [0.15, 0.2) is 0 Å². The summed E-state index contributed by atoms with van der Waals surface area (Å²) in [4.78, 5) is 38.2. The van der Waals surface area contributed by atoms with E-state index < -0.39 is 6.10 Å². The van der Waals surface area contributed by atoms with Crippen molar-refractivity contribution in [3.63, 3.8) is 0 Å². The Balaban J connectivity index is 4.05. The molecule has 0 N–H and O–H groups in total. The lowest BCUT2D eigenvalue weighted by Gasteiger charge is -2.18. The maximum absolute atomic E-state index is 12.9. The van der Waals surface area contributed by atoms with Gasteiger partial charge in [-0.25, -0.2) is 0 Å². The summed E-state index contributed by atoms with van der Waals surface area (Å²) in [5.41, 5.74) is 0. The Hall–Kier alpha value is -1.59. The topological polar surface area (TPSA) is 78.9 Å². The van der Waals surface area contributed by atoms with E-state index in [1.54, 1.807) is 0 Å². The third-order valence-corrected chi connectivity index (χ3v) is 16.1. The minimum Gasteiger partial charge on any atom is -0.462 e. The predicted octanol–water partition coefficient (Wildman–Crippen LogP) is 23.5. The van der Waals surface area contributed by atoms with Gasteiger partial charge in [0.05, 0.1) is 0 Å². The van der Waals surface area contributed by atoms with E-state index in [9.17, 15) is 14.4 Å². The molecular formula is C69H134O6. The Morgan fingerprint density at radius 1 is 0.213 bits per heavy atom. The summed E-state index contributed by atoms with van der Waals surface area (Å²) in [6.07, 6.45) is 75.8. The van der Waals surface area contributed by atoms with Crippen molar-refractivity contribution in [2.75, 3.05) is 13.2 Å². The third kappa shape index (κ3) is 63.1. The molecule has 446 valence electrons. The SMILES string of the molecule is CCCCCCCCCCCCCCCCCCCCCCCCCCCC(=O)OCC(COC(=O)CCCCCCCCCC)OC(=O)CCCCCCCCCCCCCCCCCCCCCCCCCC. The third-order valence-electron chi connectivity index (χ3n) is 16.1. The van der Waals surface area contributed by atoms with Gasteiger partial charge < -0.3 is 14.2 Å². The molecule has 0 spiro atoms. The van der Waals surface area contributed by atoms with Gasteiger partial charge >= 0.3 is 17.9 Å². The molecule has 75 heavy (non-hydrogen) atoms. The van der Waals surface area contributed by atoms with Crippen molar-refractivity contribution in [1.82, 2.24) is 0 Å². The highest BCUT2D eigenvalue weighted by Crippen LogP contribution is 2.19. The highest BCUT2D eigenvalue weighted by molar-refractivity contribution is 5.71. The van der Waals surface area contributed by atoms with E-state index in [4.69, 9.17) is 14.2 Å². The van der Waals surface area contributed by atoms with Gasteiger partial charge in [0.25, 0.3) is 0 Å². The van der Waals surface area contributed by atoms with E-state index in [0.717, 1.165) is 57.8 Å². The lowest BCUT2D eigenvalue weighted by Crippen LogP contribution is -2.30. The van der Waals surface area contributed by atoms with Gasteiger partial charge in [0.2, 0.25) is 0 Å². The molecule has 0 aromatic rings. The second-order valence-electron chi connectivity index (χ2n) is 23.8. The highest BCUT2D eigenvalue weighted by atomic mass is 16.6. The number of rotatable bonds is 65. The van der Waals surface area contributed by atoms with Crippen molar-refractivity contribution < 1.29 is 28.6 Å². The molecule has 1 unspecified atom stereocenters. The van der Waals surface area contributed by atoms with Crippen molar-refractivity contribution in [2.45, 2.75) is 412 Å². The van der Waals surface area contributed by atoms with Crippen LogP contribution in [0.4, 0.5) is 0 Å². The fraction of sp³-hybridized carbons (Fsp3) is 0.957. The quantitative estimate of drug-likeness (QED) is 0.0343. The number of esters is 3. The monoisotopic (exact) mass is 1060 g/mol. The molecule has 0 rings (SSSR count). The first-order valence-electron chi connectivity index (χ1n) is 34.5. The molecule has 0 saturated carbocycles. The Labute approximate surface area is 469 Å². The zero-order valence-electron chi connectivity index (χ0n) is 51.4. The van der Waals surface area contributed by atoms with Crippen molar-refractivity contribution in [3.05, 3.63) is 0 Å². The van der Waals surface area contributed by atoms with Crippen LogP contribution in [-0.2, 0) is 28.6 Å². The van der Waals surface area contributed by atoms with E-state index in [1.165, 1.54) is 308 Å². The molecule has 0 aliphatic heterocycles. The molecule has 0 heterocycles. The largest absolute Gasteiger partial charge is 0.462 e. The number of hydrogen-bond acceptors (Lipinski definition) is 6. The smallest absolute Gasteiger partial charge is 0.306 e. The molecule has 6 heteroatoms. The lowest BCUT2D eigenvalue weighted by molar-refractivity contribution is -0.167. The van der Waals surface area contributed by atoms with Crippen molar-refractivity contribution in [3.8, 4) is 0 Å². The summed E-state index contributed by atoms with van der Waals surface area (Å²) >= 11 is 0. The van der Waals surface area contributed by atoms with E-state index in [2.05, 4.69) is 20.8 Å². The van der Waals surface area contributed by atoms with Crippen LogP contribution in [0.25, 0.3) is 0 Å². The van der Waals surface area contributed by atoms with Crippen LogP contribution in [0.1, 0.15) is 406 Å². The first kappa shape index (κ1) is 73.4. The number of ether oxygens (including phenoxy) is 3. The molecule has 0 aliphatic carbocycles. The summed E-state index contributed by atoms with van der Waals surface area (Å²) < 4.78 is 16.9. The van der Waals surface area contributed by atoms with Crippen LogP contribution in [0, 0.1) is 0 Å². The van der Waals surface area contributed by atoms with Crippen LogP contribution in [0.2, 0.25) is 0 Å². The summed E-state index contributed by atoms with van der Waals surface area (Å²) in [7, 11) is 0. The van der Waals surface area contributed by atoms with Crippen molar-refractivity contribution >= 4 is 17.9 Å². The van der Waals surface area contributed by atoms with Crippen LogP contribution in [0.3, 0.4) is 0 Å². The average molecular weight is 1060 g/mol. The molecule has 0 saturated heterocycles. The number of carbonyl (C=O) groups is 3. The number of unbranched alkanes of at least 4 members (excludes halogenated alkanes) is 54. The maximum Gasteiger partial charge on any atom is 0.306 e. The second-order valence-corrected chi connectivity index (χ2v) is 23.8. The van der Waals surface area contributed by atoms with Gasteiger partial charge in [-0.2, -0.15) is 0 Å². The molecule has 0 aromatic carbocycles. The Bertz CT molecular complexity index is 1120. The fourth-order valence-electron chi connectivity index (χ4n) is 10.9. The van der Waals surface area contributed by atoms with E-state index in [-0.39, 0.29) is 31.1 Å². The van der Waals surface area contributed by atoms with Gasteiger partial charge in [-0.1, -0.05) is 367 Å². The zero-order chi connectivity index (χ0) is 54.3. The second kappa shape index (κ2) is 64.9. The number of carbonyl (C=O) groups excluding carboxylic acids is 3. The molecule has 6 nitrogen and oxygen atoms in total. The standard InChI is InChI=1S/C69H134O6/c1-4-7-10-13-16-19-21-23-25-27-29-31-33-35-37-38-40-42-44-46-48-50-53-56-59-62-68(71)74-65-66(64-73-67(70)61-58-55-52-18-15-12-9-6-3)75-69(72)63-60-57-54-51-49-47-45-43-41-39-36-34-32-30-28-26-24-22-20-17-14-11-8-5-2/h66H,4-65H2,1-3H3. The summed E-state index contributed by atoms with van der Waals surface area (Å²) in [6, 6.07) is 0. The van der Waals surface area contributed by atoms with Gasteiger partial charge in [0.15, 0.2) is 6.10 Å². The van der Waals surface area contributed by atoms with Crippen LogP contribution >= 0.6 is 0 Å². The first-order chi connectivity index (χ1) is 37.0. The summed E-state index contributed by atoms with van der Waals surface area (Å²) in [5, 5.41) is 0. The zero-order valence-corrected chi connectivity index (χ0v) is 51.4. The van der Waals surface area contributed by atoms with Gasteiger partial charge in [0.1, 0.15) is 13.2 Å². The van der Waals surface area contributed by atoms with E-state index >= 15 is 0 Å². The van der Waals surface area contributed by atoms with E-state index in [0.29, 0.717) is 19.3 Å². The molecule has 1 atom stereocenters. The maximum atomic E-state index is 12.9. The van der Waals surface area contributed by atoms with Crippen molar-refractivity contribution in [1.29, 1.82) is 0 Å². The molecular weight excluding hydrogens is 925 g/mol. The minimum absolute atomic E-state index is 0.0610. The minimum atomic E-state index is -0.762. The van der Waals surface area contributed by atoms with Crippen molar-refractivity contribution in [2.24, 2.45) is 0 Å². The Morgan fingerprint density at radius 3 is 0.533 bits per heavy atom. The van der Waals surface area contributed by atoms with Gasteiger partial charge in [-0.15, -0.1) is 0 Å². The van der Waals surface area contributed by atoms with Gasteiger partial charge in [-0.05, 0) is 19.3 Å². The molecule has 0 amide bonds. The first-order valence-corrected chi connectivity index (χ1v) is 34.5. The normalized spacial score (nSPS) is 11.9. The van der Waals surface area contributed by atoms with Crippen LogP contribution in [0.5, 0.6) is 0 Å². The number of hydrogen-bond donors (Lipinski definition) is 0. The van der Waals surface area contributed by atoms with Gasteiger partial charge in [-0.3, -0.25) is 14.4 Å². The molecule has 0 fully saturated rings. The average Bonchev–Trinajstić information content (AvgIpc) is 3.41. The molecule has 0 radical (unpaired) electrons. The molecule has 0 aromatic heterocycles. The fourth-order valence-corrected chi connectivity index (χ4v) is 10.9. The summed E-state index contributed by atoms with van der Waals surface area (Å²) in [6.45, 7) is 6.70. The van der Waals surface area contributed by atoms with Crippen LogP contribution in [-0.4, -0.2) is 37.2 Å². The Morgan fingerprint density at radius 2 is 0.360 bits per heavy atom. The Kier molecular flexibility index (Phi) is 63.6. The molecule has 0 bridgehead atoms. The van der Waals surface area contributed by atoms with Crippen LogP contribution < -0.4 is 0 Å². The van der Waals surface area contributed by atoms with E-state index in [1.807, 2.05) is 0 Å². The molecule has 0 aliphatic rings. The van der Waals surface area contributed by atoms with Gasteiger partial charge in [0, 0.05) is 19.3 Å².